The number of benzene rings is 2. The molecule has 0 aliphatic heterocycles. The molecule has 5 heteroatoms. The Morgan fingerprint density at radius 3 is 1.61 bits per heavy atom. The number of nitrogens with zero attached hydrogens (tertiary/aromatic N) is 2. The third kappa shape index (κ3) is 2.83. The normalized spacial score (nSPS) is 11.1. The molecule has 0 atom stereocenters. The first kappa shape index (κ1) is 14.6. The van der Waals surface area contributed by atoms with Gasteiger partial charge in [-0.15, -0.1) is 22.7 Å². The predicted molar refractivity (Wildman–Crippen MR) is 105 cm³/mol. The molecule has 0 spiro atoms. The summed E-state index contributed by atoms with van der Waals surface area (Å²) < 4.78 is 2.35. The first-order valence-corrected chi connectivity index (χ1v) is 9.43. The molecule has 0 saturated carbocycles. The van der Waals surface area contributed by atoms with Gasteiger partial charge in [0.05, 0.1) is 20.4 Å². The van der Waals surface area contributed by atoms with Crippen molar-refractivity contribution >= 4 is 64.7 Å². The first-order valence-electron chi connectivity index (χ1n) is 6.98. The fourth-order valence-electron chi connectivity index (χ4n) is 2.22. The largest absolute Gasteiger partial charge is 0.235 e. The molecule has 2 aromatic carbocycles. The van der Waals surface area contributed by atoms with Crippen LogP contribution in [0.1, 0.15) is 10.0 Å². The van der Waals surface area contributed by atoms with Crippen molar-refractivity contribution in [3.63, 3.8) is 0 Å². The molecule has 4 rings (SSSR count). The van der Waals surface area contributed by atoms with E-state index in [-0.39, 0.29) is 0 Å². The Bertz CT molecular complexity index is 892. The third-order valence-corrected chi connectivity index (χ3v) is 6.64. The molecule has 0 N–H and O–H groups in total. The topological polar surface area (TPSA) is 25.8 Å². The van der Waals surface area contributed by atoms with Crippen molar-refractivity contribution in [3.8, 4) is 0 Å². The van der Waals surface area contributed by atoms with Crippen LogP contribution < -0.4 is 0 Å². The second-order valence-electron chi connectivity index (χ2n) is 4.92. The monoisotopic (exact) mass is 352 g/mol. The highest BCUT2D eigenvalue weighted by atomic mass is 32.2. The minimum atomic E-state index is 0.912. The number of hydrogen-bond donors (Lipinski definition) is 0. The van der Waals surface area contributed by atoms with Crippen LogP contribution in [-0.4, -0.2) is 9.97 Å². The molecule has 0 radical (unpaired) electrons. The summed E-state index contributed by atoms with van der Waals surface area (Å²) in [4.78, 5) is 11.1. The van der Waals surface area contributed by atoms with Crippen LogP contribution in [0.3, 0.4) is 0 Å². The Hall–Kier alpha value is -1.95. The summed E-state index contributed by atoms with van der Waals surface area (Å²) in [6.07, 6.45) is 0. The van der Waals surface area contributed by atoms with Gasteiger partial charge in [0.1, 0.15) is 10.0 Å². The van der Waals surface area contributed by atoms with E-state index in [1.807, 2.05) is 36.4 Å². The molecular weight excluding hydrogens is 340 g/mol. The van der Waals surface area contributed by atoms with Crippen molar-refractivity contribution in [2.24, 2.45) is 0 Å². The zero-order chi connectivity index (χ0) is 15.8. The summed E-state index contributed by atoms with van der Waals surface area (Å²) >= 11 is 4.86. The SMILES string of the molecule is C=C(SC(=C)c1nc2ccccc2s1)c1nc2ccccc2s1. The Balaban J connectivity index is 1.58. The standard InChI is InChI=1S/C18H12N2S3/c1-11(17-19-13-7-3-5-9-15(13)22-17)21-12(2)18-20-14-8-4-6-10-16(14)23-18/h3-10H,1-2H2. The van der Waals surface area contributed by atoms with E-state index in [1.165, 1.54) is 9.40 Å². The van der Waals surface area contributed by atoms with Crippen LogP contribution in [0.2, 0.25) is 0 Å². The zero-order valence-corrected chi connectivity index (χ0v) is 14.6. The summed E-state index contributed by atoms with van der Waals surface area (Å²) in [5.41, 5.74) is 2.03. The van der Waals surface area contributed by atoms with Crippen molar-refractivity contribution < 1.29 is 0 Å². The average Bonchev–Trinajstić information content (AvgIpc) is 3.18. The van der Waals surface area contributed by atoms with Crippen LogP contribution >= 0.6 is 34.4 Å². The van der Waals surface area contributed by atoms with E-state index in [9.17, 15) is 0 Å². The highest BCUT2D eigenvalue weighted by Gasteiger charge is 2.12. The average molecular weight is 353 g/mol. The summed E-state index contributed by atoms with van der Waals surface area (Å²) in [6.45, 7) is 8.33. The molecule has 0 aliphatic rings. The lowest BCUT2D eigenvalue weighted by Crippen LogP contribution is -1.79. The number of thioether (sulfide) groups is 1. The third-order valence-electron chi connectivity index (χ3n) is 3.31. The van der Waals surface area contributed by atoms with E-state index in [2.05, 4.69) is 35.3 Å². The number of para-hydroxylation sites is 2. The van der Waals surface area contributed by atoms with E-state index in [1.54, 1.807) is 34.4 Å². The molecular formula is C18H12N2S3. The van der Waals surface area contributed by atoms with Crippen molar-refractivity contribution in [2.75, 3.05) is 0 Å². The Morgan fingerprint density at radius 2 is 1.17 bits per heavy atom. The van der Waals surface area contributed by atoms with Gasteiger partial charge in [0.25, 0.3) is 0 Å². The summed E-state index contributed by atoms with van der Waals surface area (Å²) in [7, 11) is 0. The Morgan fingerprint density at radius 1 is 0.739 bits per heavy atom. The van der Waals surface area contributed by atoms with Crippen molar-refractivity contribution in [3.05, 3.63) is 71.7 Å². The Kier molecular flexibility index (Phi) is 3.77. The van der Waals surface area contributed by atoms with E-state index < -0.39 is 0 Å². The first-order chi connectivity index (χ1) is 11.2. The van der Waals surface area contributed by atoms with Gasteiger partial charge in [0, 0.05) is 9.81 Å². The van der Waals surface area contributed by atoms with Gasteiger partial charge in [-0.1, -0.05) is 49.2 Å². The number of hydrogen-bond acceptors (Lipinski definition) is 5. The molecule has 23 heavy (non-hydrogen) atoms. The molecule has 0 amide bonds. The predicted octanol–water partition coefficient (Wildman–Crippen LogP) is 6.28. The number of rotatable bonds is 4. The van der Waals surface area contributed by atoms with Crippen LogP contribution in [0, 0.1) is 0 Å². The van der Waals surface area contributed by atoms with E-state index in [0.717, 1.165) is 30.9 Å². The van der Waals surface area contributed by atoms with Gasteiger partial charge < -0.3 is 0 Å². The lowest BCUT2D eigenvalue weighted by Gasteiger charge is -2.02. The molecule has 0 unspecified atom stereocenters. The van der Waals surface area contributed by atoms with Crippen LogP contribution in [-0.2, 0) is 0 Å². The maximum Gasteiger partial charge on any atom is 0.130 e. The van der Waals surface area contributed by atoms with E-state index in [4.69, 9.17) is 0 Å². The fraction of sp³-hybridized carbons (Fsp3) is 0. The van der Waals surface area contributed by atoms with Gasteiger partial charge in [-0.25, -0.2) is 9.97 Å². The summed E-state index contributed by atoms with van der Waals surface area (Å²) in [6, 6.07) is 16.3. The highest BCUT2D eigenvalue weighted by Crippen LogP contribution is 2.41. The van der Waals surface area contributed by atoms with Crippen molar-refractivity contribution in [1.29, 1.82) is 0 Å². The molecule has 112 valence electrons. The summed E-state index contributed by atoms with van der Waals surface area (Å²) in [5.74, 6) is 0. The molecule has 2 nitrogen and oxygen atoms in total. The van der Waals surface area contributed by atoms with E-state index >= 15 is 0 Å². The van der Waals surface area contributed by atoms with Gasteiger partial charge >= 0.3 is 0 Å². The Labute approximate surface area is 146 Å². The van der Waals surface area contributed by atoms with E-state index in [0.29, 0.717) is 0 Å². The van der Waals surface area contributed by atoms with Gasteiger partial charge in [-0.3, -0.25) is 0 Å². The number of fused-ring (bicyclic) bond motifs is 2. The van der Waals surface area contributed by atoms with Gasteiger partial charge in [-0.2, -0.15) is 0 Å². The van der Waals surface area contributed by atoms with Crippen molar-refractivity contribution in [1.82, 2.24) is 9.97 Å². The van der Waals surface area contributed by atoms with Gasteiger partial charge in [0.2, 0.25) is 0 Å². The van der Waals surface area contributed by atoms with Gasteiger partial charge in [-0.05, 0) is 24.3 Å². The lowest BCUT2D eigenvalue weighted by molar-refractivity contribution is 1.46. The second-order valence-corrected chi connectivity index (χ2v) is 8.17. The summed E-state index contributed by atoms with van der Waals surface area (Å²) in [5, 5.41) is 1.89. The fourth-order valence-corrected chi connectivity index (χ4v) is 4.94. The quantitative estimate of drug-likeness (QED) is 0.432. The number of aromatic nitrogens is 2. The van der Waals surface area contributed by atoms with Crippen LogP contribution in [0.15, 0.2) is 61.7 Å². The zero-order valence-electron chi connectivity index (χ0n) is 12.2. The maximum absolute atomic E-state index is 4.64. The lowest BCUT2D eigenvalue weighted by atomic mass is 10.3. The minimum Gasteiger partial charge on any atom is -0.235 e. The van der Waals surface area contributed by atoms with Gasteiger partial charge in [0.15, 0.2) is 0 Å². The van der Waals surface area contributed by atoms with Crippen LogP contribution in [0.25, 0.3) is 30.2 Å². The molecule has 0 fully saturated rings. The molecule has 0 aliphatic carbocycles. The molecule has 2 heterocycles. The smallest absolute Gasteiger partial charge is 0.130 e. The number of thiazole rings is 2. The minimum absolute atomic E-state index is 0.912. The molecule has 2 aromatic heterocycles. The second kappa shape index (κ2) is 5.92. The van der Waals surface area contributed by atoms with Crippen molar-refractivity contribution in [2.45, 2.75) is 0 Å². The van der Waals surface area contributed by atoms with Crippen LogP contribution in [0.5, 0.6) is 0 Å². The van der Waals surface area contributed by atoms with Crippen LogP contribution in [0.4, 0.5) is 0 Å². The highest BCUT2D eigenvalue weighted by molar-refractivity contribution is 8.16. The molecule has 0 bridgehead atoms. The molecule has 0 saturated heterocycles. The molecule has 4 aromatic rings. The maximum atomic E-state index is 4.64.